The van der Waals surface area contributed by atoms with Crippen LogP contribution in [0.4, 0.5) is 5.82 Å². The van der Waals surface area contributed by atoms with Crippen molar-refractivity contribution in [3.8, 4) is 0 Å². The van der Waals surface area contributed by atoms with Gasteiger partial charge in [0.2, 0.25) is 5.60 Å². The average molecular weight is 248 g/mol. The summed E-state index contributed by atoms with van der Waals surface area (Å²) in [5.41, 5.74) is 4.05. The molecule has 0 spiro atoms. The molecular weight excluding hydrogens is 236 g/mol. The van der Waals surface area contributed by atoms with Crippen LogP contribution in [0.15, 0.2) is 30.9 Å². The Balaban J connectivity index is 2.32. The van der Waals surface area contributed by atoms with Crippen LogP contribution >= 0.6 is 0 Å². The average Bonchev–Trinajstić information content (AvgIpc) is 2.86. The molecule has 1 atom stereocenters. The number of hydrogen-bond donors (Lipinski definition) is 4. The number of carboxylic acid groups (broad SMARTS) is 1. The van der Waals surface area contributed by atoms with Crippen molar-refractivity contribution < 1.29 is 15.0 Å². The first-order valence-corrected chi connectivity index (χ1v) is 5.17. The number of pyridine rings is 1. The molecule has 7 heteroatoms. The maximum atomic E-state index is 11.2. The van der Waals surface area contributed by atoms with Crippen LogP contribution in [0.3, 0.4) is 0 Å². The van der Waals surface area contributed by atoms with E-state index >= 15 is 0 Å². The normalized spacial score (nSPS) is 14.1. The number of nitrogens with two attached hydrogens (primary N) is 1. The number of carbonyl (C=O) groups is 1. The zero-order valence-electron chi connectivity index (χ0n) is 9.37. The van der Waals surface area contributed by atoms with Gasteiger partial charge in [0.05, 0.1) is 18.2 Å². The van der Waals surface area contributed by atoms with Crippen molar-refractivity contribution in [1.29, 1.82) is 0 Å². The third-order valence-corrected chi connectivity index (χ3v) is 2.61. The topological polar surface area (TPSA) is 125 Å². The Morgan fingerprint density at radius 2 is 2.22 bits per heavy atom. The van der Waals surface area contributed by atoms with Crippen LogP contribution in [0.25, 0.3) is 0 Å². The largest absolute Gasteiger partial charge is 0.479 e. The predicted octanol–water partition coefficient (Wildman–Crippen LogP) is -0.0982. The van der Waals surface area contributed by atoms with E-state index in [1.54, 1.807) is 12.1 Å². The second-order valence-corrected chi connectivity index (χ2v) is 3.90. The van der Waals surface area contributed by atoms with Gasteiger partial charge in [0.15, 0.2) is 0 Å². The van der Waals surface area contributed by atoms with Gasteiger partial charge in [-0.25, -0.2) is 14.8 Å². The molecule has 94 valence electrons. The van der Waals surface area contributed by atoms with Gasteiger partial charge in [-0.2, -0.15) is 0 Å². The molecule has 0 amide bonds. The van der Waals surface area contributed by atoms with E-state index in [2.05, 4.69) is 15.0 Å². The molecule has 0 bridgehead atoms. The molecule has 7 nitrogen and oxygen atoms in total. The number of aromatic amines is 1. The highest BCUT2D eigenvalue weighted by atomic mass is 16.4. The molecule has 2 rings (SSSR count). The van der Waals surface area contributed by atoms with Crippen molar-refractivity contribution in [3.05, 3.63) is 42.1 Å². The summed E-state index contributed by atoms with van der Waals surface area (Å²) in [5, 5.41) is 19.4. The second-order valence-electron chi connectivity index (χ2n) is 3.90. The lowest BCUT2D eigenvalue weighted by atomic mass is 9.92. The van der Waals surface area contributed by atoms with Crippen molar-refractivity contribution in [2.24, 2.45) is 0 Å². The van der Waals surface area contributed by atoms with Gasteiger partial charge in [0.1, 0.15) is 5.82 Å². The number of aliphatic carboxylic acids is 1. The van der Waals surface area contributed by atoms with Crippen molar-refractivity contribution in [1.82, 2.24) is 15.0 Å². The molecular formula is C11H12N4O3. The molecule has 0 aliphatic heterocycles. The highest BCUT2D eigenvalue weighted by Crippen LogP contribution is 2.24. The zero-order valence-corrected chi connectivity index (χ0v) is 9.37. The van der Waals surface area contributed by atoms with Crippen molar-refractivity contribution in [2.45, 2.75) is 12.0 Å². The van der Waals surface area contributed by atoms with Crippen LogP contribution in [0.1, 0.15) is 11.3 Å². The molecule has 2 aromatic heterocycles. The fourth-order valence-electron chi connectivity index (χ4n) is 1.60. The lowest BCUT2D eigenvalue weighted by Crippen LogP contribution is -2.38. The Bertz CT molecular complexity index is 538. The standard InChI is InChI=1S/C11H12N4O3/c12-9-2-1-7(4-14-9)3-11(18,10(16)17)8-5-13-6-15-8/h1-2,4-6,18H,3H2,(H2,12,14)(H,13,15)(H,16,17). The molecule has 0 aliphatic rings. The first-order valence-electron chi connectivity index (χ1n) is 5.17. The summed E-state index contributed by atoms with van der Waals surface area (Å²) in [4.78, 5) is 21.4. The minimum Gasteiger partial charge on any atom is -0.479 e. The summed E-state index contributed by atoms with van der Waals surface area (Å²) in [6, 6.07) is 3.16. The second kappa shape index (κ2) is 4.46. The first kappa shape index (κ1) is 12.1. The molecule has 2 heterocycles. The fraction of sp³-hybridized carbons (Fsp3) is 0.182. The van der Waals surface area contributed by atoms with Crippen molar-refractivity contribution in [2.75, 3.05) is 5.73 Å². The third kappa shape index (κ3) is 2.16. The molecule has 0 radical (unpaired) electrons. The number of aliphatic hydroxyl groups is 1. The Morgan fingerprint density at radius 1 is 1.44 bits per heavy atom. The van der Waals surface area contributed by atoms with Crippen LogP contribution in [0.2, 0.25) is 0 Å². The highest BCUT2D eigenvalue weighted by Gasteiger charge is 2.39. The molecule has 0 saturated heterocycles. The SMILES string of the molecule is Nc1ccc(CC(O)(C(=O)O)c2cnc[nH]2)cn1. The summed E-state index contributed by atoms with van der Waals surface area (Å²) in [6.45, 7) is 0. The number of nitrogens with zero attached hydrogens (tertiary/aromatic N) is 2. The summed E-state index contributed by atoms with van der Waals surface area (Å²) >= 11 is 0. The number of anilines is 1. The summed E-state index contributed by atoms with van der Waals surface area (Å²) in [6.07, 6.45) is 3.89. The molecule has 0 saturated carbocycles. The number of aromatic nitrogens is 3. The van der Waals surface area contributed by atoms with Crippen LogP contribution in [0.5, 0.6) is 0 Å². The first-order chi connectivity index (χ1) is 8.52. The number of carboxylic acids is 1. The lowest BCUT2D eigenvalue weighted by Gasteiger charge is -2.21. The number of rotatable bonds is 4. The number of imidazole rings is 1. The monoisotopic (exact) mass is 248 g/mol. The summed E-state index contributed by atoms with van der Waals surface area (Å²) in [7, 11) is 0. The minimum absolute atomic E-state index is 0.117. The Hall–Kier alpha value is -2.41. The molecule has 18 heavy (non-hydrogen) atoms. The van der Waals surface area contributed by atoms with Gasteiger partial charge in [0, 0.05) is 12.6 Å². The zero-order chi connectivity index (χ0) is 13.2. The van der Waals surface area contributed by atoms with Gasteiger partial charge in [-0.15, -0.1) is 0 Å². The third-order valence-electron chi connectivity index (χ3n) is 2.61. The van der Waals surface area contributed by atoms with Crippen LogP contribution in [0, 0.1) is 0 Å². The molecule has 0 aliphatic carbocycles. The van der Waals surface area contributed by atoms with Gasteiger partial charge in [-0.1, -0.05) is 6.07 Å². The van der Waals surface area contributed by atoms with Crippen LogP contribution < -0.4 is 5.73 Å². The van der Waals surface area contributed by atoms with Crippen molar-refractivity contribution >= 4 is 11.8 Å². The number of nitrogens with one attached hydrogen (secondary N) is 1. The summed E-state index contributed by atoms with van der Waals surface area (Å²) < 4.78 is 0. The molecule has 0 aromatic carbocycles. The molecule has 2 aromatic rings. The lowest BCUT2D eigenvalue weighted by molar-refractivity contribution is -0.160. The van der Waals surface area contributed by atoms with Gasteiger partial charge < -0.3 is 20.9 Å². The van der Waals surface area contributed by atoms with E-state index in [-0.39, 0.29) is 12.1 Å². The van der Waals surface area contributed by atoms with E-state index in [4.69, 9.17) is 5.73 Å². The van der Waals surface area contributed by atoms with Crippen LogP contribution in [-0.4, -0.2) is 31.1 Å². The quantitative estimate of drug-likeness (QED) is 0.598. The Kier molecular flexibility index (Phi) is 2.99. The van der Waals surface area contributed by atoms with E-state index < -0.39 is 11.6 Å². The molecule has 1 unspecified atom stereocenters. The minimum atomic E-state index is -2.06. The highest BCUT2D eigenvalue weighted by molar-refractivity contribution is 5.78. The van der Waals surface area contributed by atoms with E-state index in [1.807, 2.05) is 0 Å². The fourth-order valence-corrected chi connectivity index (χ4v) is 1.60. The number of nitrogen functional groups attached to an aromatic ring is 1. The van der Waals surface area contributed by atoms with Gasteiger partial charge in [0.25, 0.3) is 0 Å². The maximum absolute atomic E-state index is 11.2. The number of H-pyrrole nitrogens is 1. The van der Waals surface area contributed by atoms with Crippen LogP contribution in [-0.2, 0) is 16.8 Å². The van der Waals surface area contributed by atoms with E-state index in [0.29, 0.717) is 11.4 Å². The van der Waals surface area contributed by atoms with E-state index in [0.717, 1.165) is 0 Å². The molecule has 0 fully saturated rings. The molecule has 5 N–H and O–H groups in total. The number of hydrogen-bond acceptors (Lipinski definition) is 5. The Labute approximate surface area is 102 Å². The predicted molar refractivity (Wildman–Crippen MR) is 62.5 cm³/mol. The van der Waals surface area contributed by atoms with E-state index in [9.17, 15) is 15.0 Å². The Morgan fingerprint density at radius 3 is 2.72 bits per heavy atom. The smallest absolute Gasteiger partial charge is 0.342 e. The maximum Gasteiger partial charge on any atom is 0.342 e. The summed E-state index contributed by atoms with van der Waals surface area (Å²) in [5.74, 6) is -1.03. The van der Waals surface area contributed by atoms with E-state index in [1.165, 1.54) is 18.7 Å². The van der Waals surface area contributed by atoms with Gasteiger partial charge in [-0.3, -0.25) is 0 Å². The van der Waals surface area contributed by atoms with Crippen molar-refractivity contribution in [3.63, 3.8) is 0 Å². The van der Waals surface area contributed by atoms with Gasteiger partial charge in [-0.05, 0) is 11.6 Å². The van der Waals surface area contributed by atoms with Gasteiger partial charge >= 0.3 is 5.97 Å².